The average molecular weight is 485 g/mol. The Morgan fingerprint density at radius 1 is 1.14 bits per heavy atom. The summed E-state index contributed by atoms with van der Waals surface area (Å²) in [6.07, 6.45) is -0.0190. The van der Waals surface area contributed by atoms with E-state index in [4.69, 9.17) is 9.47 Å². The maximum Gasteiger partial charge on any atom is 0.358 e. The molecule has 0 saturated carbocycles. The van der Waals surface area contributed by atoms with E-state index >= 15 is 0 Å². The van der Waals surface area contributed by atoms with Crippen molar-refractivity contribution in [3.8, 4) is 0 Å². The highest BCUT2D eigenvalue weighted by atomic mass is 16.7. The van der Waals surface area contributed by atoms with E-state index in [1.54, 1.807) is 30.3 Å². The van der Waals surface area contributed by atoms with Gasteiger partial charge < -0.3 is 14.8 Å². The predicted molar refractivity (Wildman–Crippen MR) is 120 cm³/mol. The highest BCUT2D eigenvalue weighted by Crippen LogP contribution is 2.27. The van der Waals surface area contributed by atoms with E-state index in [1.165, 1.54) is 11.9 Å². The number of nitrogens with one attached hydrogen (secondary N) is 2. The third kappa shape index (κ3) is 5.20. The Hall–Kier alpha value is -4.09. The highest BCUT2D eigenvalue weighted by Gasteiger charge is 2.45. The molecule has 2 N–H and O–H groups in total. The number of hydrazine groups is 2. The molecule has 0 aliphatic carbocycles. The molecule has 3 heterocycles. The van der Waals surface area contributed by atoms with Crippen molar-refractivity contribution in [1.29, 1.82) is 0 Å². The number of urea groups is 1. The molecule has 0 bridgehead atoms. The second-order valence-electron chi connectivity index (χ2n) is 8.46. The summed E-state index contributed by atoms with van der Waals surface area (Å²) in [5.74, 6) is -1.60. The summed E-state index contributed by atoms with van der Waals surface area (Å²) in [4.78, 5) is 63.6. The number of hydrogen-bond acceptors (Lipinski definition) is 7. The smallest absolute Gasteiger partial charge is 0.358 e. The molecule has 12 heteroatoms. The number of esters is 1. The van der Waals surface area contributed by atoms with Crippen LogP contribution in [0.5, 0.6) is 0 Å². The van der Waals surface area contributed by atoms with E-state index in [2.05, 4.69) is 17.3 Å². The molecule has 0 radical (unpaired) electrons. The molecule has 4 rings (SSSR count). The first-order valence-electron chi connectivity index (χ1n) is 11.3. The number of carbonyl (C=O) groups excluding carboxylic acids is 5. The van der Waals surface area contributed by atoms with Crippen LogP contribution in [0.25, 0.3) is 0 Å². The van der Waals surface area contributed by atoms with Crippen LogP contribution in [0.3, 0.4) is 0 Å². The third-order valence-corrected chi connectivity index (χ3v) is 5.91. The van der Waals surface area contributed by atoms with E-state index in [0.29, 0.717) is 24.2 Å². The molecule has 1 unspecified atom stereocenters. The van der Waals surface area contributed by atoms with Gasteiger partial charge in [-0.05, 0) is 25.0 Å². The number of nitrogens with zero attached hydrogens (tertiary/aromatic N) is 3. The van der Waals surface area contributed by atoms with Gasteiger partial charge in [-0.15, -0.1) is 0 Å². The van der Waals surface area contributed by atoms with Crippen LogP contribution in [0.2, 0.25) is 0 Å². The number of amides is 5. The quantitative estimate of drug-likeness (QED) is 0.585. The van der Waals surface area contributed by atoms with Gasteiger partial charge in [0.15, 0.2) is 0 Å². The minimum Gasteiger partial charge on any atom is -0.457 e. The Labute approximate surface area is 201 Å². The molecule has 35 heavy (non-hydrogen) atoms. The standard InChI is InChI=1S/C23H27N5O7/c1-14-13-17(22(34-14)35-15(2)29)24-21(32)18-9-6-11-27-19(30)10-12-26(23(33)28(18)27)25-20(31)16-7-4-3-5-8-16/h3-5,7-8,17-18,22H,1,6,9-13H2,2H3,(H,24,32)(H,25,31)/t17-,18-,22?/m0/s1. The van der Waals surface area contributed by atoms with Crippen molar-refractivity contribution in [2.45, 2.75) is 51.0 Å². The molecule has 1 aromatic rings. The number of fused-ring (bicyclic) bond motifs is 1. The molecule has 1 aromatic carbocycles. The Morgan fingerprint density at radius 3 is 2.60 bits per heavy atom. The first-order valence-corrected chi connectivity index (χ1v) is 11.3. The van der Waals surface area contributed by atoms with Crippen LogP contribution >= 0.6 is 0 Å². The zero-order valence-electron chi connectivity index (χ0n) is 19.3. The van der Waals surface area contributed by atoms with Crippen LogP contribution in [-0.4, -0.2) is 76.2 Å². The van der Waals surface area contributed by atoms with Gasteiger partial charge in [0, 0.05) is 31.9 Å². The molecule has 186 valence electrons. The van der Waals surface area contributed by atoms with E-state index < -0.39 is 42.2 Å². The zero-order valence-corrected chi connectivity index (χ0v) is 19.3. The van der Waals surface area contributed by atoms with Gasteiger partial charge in [0.05, 0.1) is 12.3 Å². The number of hydrogen-bond donors (Lipinski definition) is 2. The summed E-state index contributed by atoms with van der Waals surface area (Å²) in [7, 11) is 0. The summed E-state index contributed by atoms with van der Waals surface area (Å²) in [5, 5.41) is 6.19. The van der Waals surface area contributed by atoms with Crippen LogP contribution in [0.1, 0.15) is 43.0 Å². The minimum absolute atomic E-state index is 0.0174. The van der Waals surface area contributed by atoms with Gasteiger partial charge in [0.25, 0.3) is 12.2 Å². The topological polar surface area (TPSA) is 138 Å². The Kier molecular flexibility index (Phi) is 6.90. The Morgan fingerprint density at radius 2 is 1.89 bits per heavy atom. The maximum atomic E-state index is 13.5. The molecule has 5 amide bonds. The molecule has 12 nitrogen and oxygen atoms in total. The van der Waals surface area contributed by atoms with Crippen molar-refractivity contribution < 1.29 is 33.4 Å². The molecule has 3 fully saturated rings. The lowest BCUT2D eigenvalue weighted by Crippen LogP contribution is -2.65. The van der Waals surface area contributed by atoms with Gasteiger partial charge in [0.1, 0.15) is 12.1 Å². The second kappa shape index (κ2) is 10.0. The summed E-state index contributed by atoms with van der Waals surface area (Å²) < 4.78 is 10.5. The first kappa shape index (κ1) is 24.0. The Bertz CT molecular complexity index is 1050. The van der Waals surface area contributed by atoms with E-state index in [0.717, 1.165) is 10.0 Å². The Balaban J connectivity index is 1.52. The normalized spacial score (nSPS) is 24.3. The van der Waals surface area contributed by atoms with Crippen molar-refractivity contribution in [3.05, 3.63) is 48.2 Å². The molecule has 0 aromatic heterocycles. The molecular weight excluding hydrogens is 458 g/mol. The van der Waals surface area contributed by atoms with E-state index in [9.17, 15) is 24.0 Å². The van der Waals surface area contributed by atoms with Gasteiger partial charge >= 0.3 is 12.0 Å². The fourth-order valence-corrected chi connectivity index (χ4v) is 4.30. The van der Waals surface area contributed by atoms with Crippen molar-refractivity contribution in [3.63, 3.8) is 0 Å². The molecule has 3 atom stereocenters. The predicted octanol–water partition coefficient (Wildman–Crippen LogP) is 0.673. The molecular formula is C23H27N5O7. The summed E-state index contributed by atoms with van der Waals surface area (Å²) in [5.41, 5.74) is 2.90. The SMILES string of the molecule is C=C1C[C@H](NC(=O)[C@@H]2CCCN3C(=O)CCN(NC(=O)c4ccccc4)C(=O)N23)C(OC(C)=O)O1. The van der Waals surface area contributed by atoms with Gasteiger partial charge in [-0.3, -0.25) is 24.6 Å². The molecule has 3 aliphatic rings. The lowest BCUT2D eigenvalue weighted by Gasteiger charge is -2.43. The monoisotopic (exact) mass is 485 g/mol. The zero-order chi connectivity index (χ0) is 25.1. The van der Waals surface area contributed by atoms with Crippen LogP contribution in [-0.2, 0) is 23.9 Å². The summed E-state index contributed by atoms with van der Waals surface area (Å²) in [6.45, 7) is 5.17. The molecule has 3 saturated heterocycles. The summed E-state index contributed by atoms with van der Waals surface area (Å²) in [6, 6.07) is 5.95. The maximum absolute atomic E-state index is 13.5. The van der Waals surface area contributed by atoms with Crippen molar-refractivity contribution in [2.75, 3.05) is 13.1 Å². The molecule has 3 aliphatic heterocycles. The second-order valence-corrected chi connectivity index (χ2v) is 8.46. The van der Waals surface area contributed by atoms with Crippen molar-refractivity contribution in [1.82, 2.24) is 25.8 Å². The largest absolute Gasteiger partial charge is 0.457 e. The van der Waals surface area contributed by atoms with Gasteiger partial charge in [0.2, 0.25) is 11.8 Å². The third-order valence-electron chi connectivity index (χ3n) is 5.91. The summed E-state index contributed by atoms with van der Waals surface area (Å²) >= 11 is 0. The lowest BCUT2D eigenvalue weighted by molar-refractivity contribution is -0.168. The van der Waals surface area contributed by atoms with Crippen LogP contribution in [0.15, 0.2) is 42.7 Å². The van der Waals surface area contributed by atoms with Gasteiger partial charge in [-0.1, -0.05) is 24.8 Å². The first-order chi connectivity index (χ1) is 16.7. The highest BCUT2D eigenvalue weighted by molar-refractivity contribution is 5.96. The number of rotatable bonds is 5. The van der Waals surface area contributed by atoms with E-state index in [1.807, 2.05) is 0 Å². The molecule has 0 spiro atoms. The van der Waals surface area contributed by atoms with Crippen LogP contribution < -0.4 is 10.7 Å². The lowest BCUT2D eigenvalue weighted by atomic mass is 10.1. The number of ether oxygens (including phenoxy) is 2. The fourth-order valence-electron chi connectivity index (χ4n) is 4.30. The van der Waals surface area contributed by atoms with Gasteiger partial charge in [-0.25, -0.2) is 19.8 Å². The number of benzene rings is 1. The van der Waals surface area contributed by atoms with Crippen molar-refractivity contribution in [2.24, 2.45) is 0 Å². The number of carbonyl (C=O) groups is 5. The van der Waals surface area contributed by atoms with Gasteiger partial charge in [-0.2, -0.15) is 0 Å². The van der Waals surface area contributed by atoms with Crippen molar-refractivity contribution >= 4 is 29.7 Å². The van der Waals surface area contributed by atoms with Crippen LogP contribution in [0, 0.1) is 0 Å². The fraction of sp³-hybridized carbons (Fsp3) is 0.435. The minimum atomic E-state index is -1.04. The van der Waals surface area contributed by atoms with E-state index in [-0.39, 0.29) is 31.8 Å². The average Bonchev–Trinajstić information content (AvgIpc) is 3.12. The van der Waals surface area contributed by atoms with Crippen LogP contribution in [0.4, 0.5) is 4.79 Å².